The first kappa shape index (κ1) is 14.1. The van der Waals surface area contributed by atoms with Gasteiger partial charge in [-0.25, -0.2) is 0 Å². The Hall–Kier alpha value is -2.82. The van der Waals surface area contributed by atoms with Crippen LogP contribution in [0.3, 0.4) is 0 Å². The van der Waals surface area contributed by atoms with Crippen LogP contribution in [-0.2, 0) is 6.42 Å². The number of hydrogen-bond donors (Lipinski definition) is 0. The van der Waals surface area contributed by atoms with E-state index in [4.69, 9.17) is 13.9 Å². The molecule has 1 aromatic heterocycles. The van der Waals surface area contributed by atoms with Crippen LogP contribution in [0.25, 0.3) is 11.5 Å². The minimum atomic E-state index is 0.527. The van der Waals surface area contributed by atoms with E-state index >= 15 is 0 Å². The number of methoxy groups -OCH3 is 1. The lowest BCUT2D eigenvalue weighted by molar-refractivity contribution is 0.319. The zero-order chi connectivity index (χ0) is 15.2. The normalized spacial score (nSPS) is 10.4. The summed E-state index contributed by atoms with van der Waals surface area (Å²) in [7, 11) is 1.64. The molecule has 0 amide bonds. The summed E-state index contributed by atoms with van der Waals surface area (Å²) in [4.78, 5) is 0. The van der Waals surface area contributed by atoms with Gasteiger partial charge in [-0.1, -0.05) is 18.2 Å². The van der Waals surface area contributed by atoms with Gasteiger partial charge < -0.3 is 13.9 Å². The minimum Gasteiger partial charge on any atom is -0.497 e. The molecule has 5 nitrogen and oxygen atoms in total. The molecule has 1 heterocycles. The third-order valence-corrected chi connectivity index (χ3v) is 3.26. The van der Waals surface area contributed by atoms with Gasteiger partial charge in [0.15, 0.2) is 0 Å². The molecule has 0 aliphatic carbocycles. The lowest BCUT2D eigenvalue weighted by atomic mass is 10.1. The molecular weight excluding hydrogens is 280 g/mol. The van der Waals surface area contributed by atoms with Crippen LogP contribution in [0.1, 0.15) is 5.56 Å². The lowest BCUT2D eigenvalue weighted by Crippen LogP contribution is -2.01. The van der Waals surface area contributed by atoms with Gasteiger partial charge >= 0.3 is 0 Å². The van der Waals surface area contributed by atoms with Crippen LogP contribution < -0.4 is 9.47 Å². The topological polar surface area (TPSA) is 57.4 Å². The Labute approximate surface area is 128 Å². The Balaban J connectivity index is 1.55. The molecule has 0 spiro atoms. The Morgan fingerprint density at radius 3 is 2.59 bits per heavy atom. The van der Waals surface area contributed by atoms with Gasteiger partial charge in [0.2, 0.25) is 12.3 Å². The Morgan fingerprint density at radius 2 is 1.86 bits per heavy atom. The summed E-state index contributed by atoms with van der Waals surface area (Å²) in [5.74, 6) is 2.13. The van der Waals surface area contributed by atoms with Crippen LogP contribution in [0.4, 0.5) is 0 Å². The van der Waals surface area contributed by atoms with Crippen LogP contribution in [0.5, 0.6) is 11.5 Å². The molecule has 3 rings (SSSR count). The summed E-state index contributed by atoms with van der Waals surface area (Å²) in [6.45, 7) is 0.604. The smallest absolute Gasteiger partial charge is 0.247 e. The molecule has 112 valence electrons. The van der Waals surface area contributed by atoms with E-state index in [1.165, 1.54) is 12.0 Å². The van der Waals surface area contributed by atoms with Crippen molar-refractivity contribution in [1.29, 1.82) is 0 Å². The van der Waals surface area contributed by atoms with Crippen molar-refractivity contribution in [2.24, 2.45) is 0 Å². The van der Waals surface area contributed by atoms with Crippen LogP contribution >= 0.6 is 0 Å². The van der Waals surface area contributed by atoms with E-state index < -0.39 is 0 Å². The molecule has 0 saturated carbocycles. The van der Waals surface area contributed by atoms with Gasteiger partial charge in [-0.15, -0.1) is 10.2 Å². The number of benzene rings is 2. The molecule has 0 atom stereocenters. The van der Waals surface area contributed by atoms with Crippen molar-refractivity contribution in [2.75, 3.05) is 13.7 Å². The zero-order valence-electron chi connectivity index (χ0n) is 12.2. The highest BCUT2D eigenvalue weighted by molar-refractivity contribution is 5.52. The third kappa shape index (κ3) is 3.44. The average Bonchev–Trinajstić information content (AvgIpc) is 3.10. The first-order chi connectivity index (χ1) is 10.8. The fourth-order valence-electron chi connectivity index (χ4n) is 2.09. The number of rotatable bonds is 6. The van der Waals surface area contributed by atoms with Crippen molar-refractivity contribution >= 4 is 0 Å². The summed E-state index contributed by atoms with van der Waals surface area (Å²) in [6.07, 6.45) is 2.15. The second-order valence-corrected chi connectivity index (χ2v) is 4.72. The number of nitrogens with zero attached hydrogens (tertiary/aromatic N) is 2. The monoisotopic (exact) mass is 296 g/mol. The fourth-order valence-corrected chi connectivity index (χ4v) is 2.09. The van der Waals surface area contributed by atoms with E-state index in [-0.39, 0.29) is 0 Å². The second kappa shape index (κ2) is 6.76. The molecule has 0 aliphatic rings. The van der Waals surface area contributed by atoms with Crippen molar-refractivity contribution in [3.63, 3.8) is 0 Å². The molecule has 2 aromatic carbocycles. The van der Waals surface area contributed by atoms with Gasteiger partial charge in [0.25, 0.3) is 0 Å². The largest absolute Gasteiger partial charge is 0.497 e. The van der Waals surface area contributed by atoms with E-state index in [0.29, 0.717) is 12.5 Å². The summed E-state index contributed by atoms with van der Waals surface area (Å²) < 4.78 is 16.1. The van der Waals surface area contributed by atoms with Crippen LogP contribution in [-0.4, -0.2) is 23.9 Å². The second-order valence-electron chi connectivity index (χ2n) is 4.72. The molecule has 0 aliphatic heterocycles. The predicted octanol–water partition coefficient (Wildman–Crippen LogP) is 3.37. The Kier molecular flexibility index (Phi) is 4.34. The molecular formula is C17H16N2O3. The van der Waals surface area contributed by atoms with Gasteiger partial charge in [-0.05, 0) is 29.8 Å². The maximum Gasteiger partial charge on any atom is 0.247 e. The molecule has 0 fully saturated rings. The first-order valence-corrected chi connectivity index (χ1v) is 6.97. The third-order valence-electron chi connectivity index (χ3n) is 3.26. The van der Waals surface area contributed by atoms with Gasteiger partial charge in [0.05, 0.1) is 13.7 Å². The van der Waals surface area contributed by atoms with Crippen molar-refractivity contribution in [2.45, 2.75) is 6.42 Å². The summed E-state index contributed by atoms with van der Waals surface area (Å²) in [5.41, 5.74) is 2.10. The van der Waals surface area contributed by atoms with Gasteiger partial charge in [-0.3, -0.25) is 0 Å². The van der Waals surface area contributed by atoms with E-state index in [0.717, 1.165) is 23.5 Å². The highest BCUT2D eigenvalue weighted by atomic mass is 16.5. The van der Waals surface area contributed by atoms with Gasteiger partial charge in [-0.2, -0.15) is 0 Å². The molecule has 0 N–H and O–H groups in total. The molecule has 0 unspecified atom stereocenters. The van der Waals surface area contributed by atoms with Gasteiger partial charge in [0.1, 0.15) is 11.5 Å². The maximum atomic E-state index is 5.73. The fraction of sp³-hybridized carbons (Fsp3) is 0.176. The van der Waals surface area contributed by atoms with Crippen LogP contribution in [0, 0.1) is 0 Å². The first-order valence-electron chi connectivity index (χ1n) is 6.97. The Bertz CT molecular complexity index is 709. The number of aromatic nitrogens is 2. The molecule has 5 heteroatoms. The van der Waals surface area contributed by atoms with E-state index in [2.05, 4.69) is 10.2 Å². The van der Waals surface area contributed by atoms with Gasteiger partial charge in [0, 0.05) is 18.1 Å². The average molecular weight is 296 g/mol. The van der Waals surface area contributed by atoms with Crippen molar-refractivity contribution < 1.29 is 13.9 Å². The molecule has 3 aromatic rings. The quantitative estimate of drug-likeness (QED) is 0.698. The number of hydrogen-bond acceptors (Lipinski definition) is 5. The predicted molar refractivity (Wildman–Crippen MR) is 81.9 cm³/mol. The van der Waals surface area contributed by atoms with Crippen LogP contribution in [0.2, 0.25) is 0 Å². The van der Waals surface area contributed by atoms with Crippen molar-refractivity contribution in [1.82, 2.24) is 10.2 Å². The standard InChI is InChI=1S/C17H16N2O3/c1-20-15-3-2-4-16(11-15)21-10-9-13-5-7-14(8-6-13)17-19-18-12-22-17/h2-8,11-12H,9-10H2,1H3. The Morgan fingerprint density at radius 1 is 1.05 bits per heavy atom. The summed E-state index contributed by atoms with van der Waals surface area (Å²) in [5, 5.41) is 7.55. The van der Waals surface area contributed by atoms with E-state index in [9.17, 15) is 0 Å². The highest BCUT2D eigenvalue weighted by Crippen LogP contribution is 2.20. The molecule has 0 bridgehead atoms. The van der Waals surface area contributed by atoms with Crippen LogP contribution in [0.15, 0.2) is 59.3 Å². The zero-order valence-corrected chi connectivity index (χ0v) is 12.2. The van der Waals surface area contributed by atoms with Crippen molar-refractivity contribution in [3.05, 3.63) is 60.5 Å². The van der Waals surface area contributed by atoms with E-state index in [1.54, 1.807) is 7.11 Å². The van der Waals surface area contributed by atoms with Crippen molar-refractivity contribution in [3.8, 4) is 23.0 Å². The molecule has 0 radical (unpaired) electrons. The SMILES string of the molecule is COc1cccc(OCCc2ccc(-c3nnco3)cc2)c1. The highest BCUT2D eigenvalue weighted by Gasteiger charge is 2.03. The summed E-state index contributed by atoms with van der Waals surface area (Å²) in [6, 6.07) is 15.6. The van der Waals surface area contributed by atoms with E-state index in [1.807, 2.05) is 48.5 Å². The molecule has 22 heavy (non-hydrogen) atoms. The molecule has 0 saturated heterocycles. The number of ether oxygens (including phenoxy) is 2. The lowest BCUT2D eigenvalue weighted by Gasteiger charge is -2.08. The minimum absolute atomic E-state index is 0.527. The maximum absolute atomic E-state index is 5.73. The summed E-state index contributed by atoms with van der Waals surface area (Å²) >= 11 is 0.